The number of urea groups is 1. The summed E-state index contributed by atoms with van der Waals surface area (Å²) in [4.78, 5) is 67.9. The SMILES string of the molecule is CC(NC(=O)N1C(=O)C2(c3cc(C#CCCO)ccc31)C(C(=O)N1CCCCCCC1)C1C(=O)OC(c3ccccc3)C(c3ccccc3)N1C2c1ccc(O)cc1)c1ccccc1. The molecule has 4 aliphatic heterocycles. The molecule has 5 aromatic carbocycles. The van der Waals surface area contributed by atoms with Crippen molar-refractivity contribution in [3.05, 3.63) is 167 Å². The number of nitrogens with zero attached hydrogens (tertiary/aromatic N) is 3. The molecule has 0 saturated carbocycles. The van der Waals surface area contributed by atoms with Gasteiger partial charge < -0.3 is 25.2 Å². The molecule has 3 N–H and O–H groups in total. The van der Waals surface area contributed by atoms with Crippen molar-refractivity contribution in [1.82, 2.24) is 15.1 Å². The lowest BCUT2D eigenvalue weighted by molar-refractivity contribution is -0.179. The standard InChI is InChI=1S/C53H52N4O7/c1-35(37-19-8-5-9-20-37)54-52(63)56-43-30-25-36(18-14-17-33-58)34-42(43)53(51(56)62)44(49(60)55-31-15-3-2-4-16-32-55)46-50(61)64-47(39-23-12-7-13-24-39)45(38-21-10-6-11-22-38)57(46)48(53)40-26-28-41(59)29-27-40/h5-13,19-30,34-35,44-48,58-59H,2-4,15-17,31-33H2,1H3,(H,54,63). The quantitative estimate of drug-likeness (QED) is 0.110. The van der Waals surface area contributed by atoms with Crippen molar-refractivity contribution >= 4 is 29.5 Å². The van der Waals surface area contributed by atoms with E-state index in [1.165, 1.54) is 0 Å². The lowest BCUT2D eigenvalue weighted by atomic mass is 9.64. The average molecular weight is 857 g/mol. The number of carbonyl (C=O) groups excluding carboxylic acids is 4. The Labute approximate surface area is 373 Å². The van der Waals surface area contributed by atoms with Gasteiger partial charge in [0, 0.05) is 25.1 Å². The van der Waals surface area contributed by atoms with Gasteiger partial charge in [-0.2, -0.15) is 0 Å². The molecule has 326 valence electrons. The molecule has 0 aliphatic carbocycles. The van der Waals surface area contributed by atoms with Crippen molar-refractivity contribution in [2.24, 2.45) is 5.92 Å². The number of hydrogen-bond acceptors (Lipinski definition) is 8. The molecule has 3 saturated heterocycles. The summed E-state index contributed by atoms with van der Waals surface area (Å²) in [6.45, 7) is 2.58. The van der Waals surface area contributed by atoms with Crippen molar-refractivity contribution < 1.29 is 34.1 Å². The molecule has 4 heterocycles. The number of phenolic OH excluding ortho intramolecular Hbond substituents is 1. The smallest absolute Gasteiger partial charge is 0.329 e. The maximum Gasteiger partial charge on any atom is 0.329 e. The van der Waals surface area contributed by atoms with E-state index in [0.717, 1.165) is 53.7 Å². The number of imide groups is 1. The Morgan fingerprint density at radius 3 is 2.06 bits per heavy atom. The molecule has 7 atom stereocenters. The maximum absolute atomic E-state index is 16.5. The third kappa shape index (κ3) is 7.50. The van der Waals surface area contributed by atoms with Crippen molar-refractivity contribution in [2.45, 2.75) is 81.1 Å². The van der Waals surface area contributed by atoms with Gasteiger partial charge in [0.15, 0.2) is 0 Å². The Balaban J connectivity index is 1.34. The number of aromatic hydroxyl groups is 1. The van der Waals surface area contributed by atoms with Gasteiger partial charge in [-0.3, -0.25) is 19.3 Å². The monoisotopic (exact) mass is 856 g/mol. The van der Waals surface area contributed by atoms with Crippen LogP contribution in [0.3, 0.4) is 0 Å². The predicted octanol–water partition coefficient (Wildman–Crippen LogP) is 8.06. The first-order valence-electron chi connectivity index (χ1n) is 22.3. The van der Waals surface area contributed by atoms with Crippen LogP contribution < -0.4 is 10.2 Å². The highest BCUT2D eigenvalue weighted by Gasteiger charge is 2.76. The van der Waals surface area contributed by atoms with Gasteiger partial charge in [0.25, 0.3) is 0 Å². The summed E-state index contributed by atoms with van der Waals surface area (Å²) in [5.41, 5.74) is 2.16. The third-order valence-electron chi connectivity index (χ3n) is 13.4. The summed E-state index contributed by atoms with van der Waals surface area (Å²) >= 11 is 0. The molecule has 64 heavy (non-hydrogen) atoms. The zero-order valence-corrected chi connectivity index (χ0v) is 35.8. The second kappa shape index (κ2) is 18.2. The Hall–Kier alpha value is -6.74. The number of ether oxygens (including phenoxy) is 1. The minimum Gasteiger partial charge on any atom is -0.508 e. The van der Waals surface area contributed by atoms with Crippen LogP contribution in [0.5, 0.6) is 5.75 Å². The first-order valence-corrected chi connectivity index (χ1v) is 22.3. The number of rotatable bonds is 7. The topological polar surface area (TPSA) is 140 Å². The predicted molar refractivity (Wildman–Crippen MR) is 242 cm³/mol. The number of fused-ring (bicyclic) bond motifs is 3. The number of aliphatic hydroxyl groups excluding tert-OH is 1. The second-order valence-corrected chi connectivity index (χ2v) is 17.2. The summed E-state index contributed by atoms with van der Waals surface area (Å²) in [5.74, 6) is 3.09. The van der Waals surface area contributed by atoms with E-state index in [1.54, 1.807) is 42.5 Å². The fraction of sp³-hybridized carbons (Fsp3) is 0.321. The molecule has 0 radical (unpaired) electrons. The van der Waals surface area contributed by atoms with E-state index in [-0.39, 0.29) is 30.4 Å². The summed E-state index contributed by atoms with van der Waals surface area (Å²) < 4.78 is 6.62. The van der Waals surface area contributed by atoms with Crippen LogP contribution >= 0.6 is 0 Å². The lowest BCUT2D eigenvalue weighted by Crippen LogP contribution is -2.57. The highest BCUT2D eigenvalue weighted by molar-refractivity contribution is 6.24. The van der Waals surface area contributed by atoms with E-state index in [2.05, 4.69) is 17.2 Å². The van der Waals surface area contributed by atoms with Crippen molar-refractivity contribution in [3.8, 4) is 17.6 Å². The Morgan fingerprint density at radius 1 is 0.781 bits per heavy atom. The molecule has 11 heteroatoms. The number of carbonyl (C=O) groups is 4. The molecular formula is C53H52N4O7. The molecule has 0 aromatic heterocycles. The van der Waals surface area contributed by atoms with E-state index in [1.807, 2.05) is 108 Å². The average Bonchev–Trinajstić information content (AvgIpc) is 3.76. The highest BCUT2D eigenvalue weighted by atomic mass is 16.6. The van der Waals surface area contributed by atoms with Gasteiger partial charge in [0.2, 0.25) is 11.8 Å². The van der Waals surface area contributed by atoms with Gasteiger partial charge in [-0.25, -0.2) is 9.69 Å². The first-order chi connectivity index (χ1) is 31.2. The molecule has 5 aromatic rings. The normalized spacial score (nSPS) is 24.7. The van der Waals surface area contributed by atoms with Crippen molar-refractivity contribution in [1.29, 1.82) is 0 Å². The largest absolute Gasteiger partial charge is 0.508 e. The van der Waals surface area contributed by atoms with Crippen LogP contribution in [0.15, 0.2) is 133 Å². The van der Waals surface area contributed by atoms with Crippen LogP contribution in [0.25, 0.3) is 0 Å². The van der Waals surface area contributed by atoms with Gasteiger partial charge in [0.1, 0.15) is 23.3 Å². The molecule has 4 aliphatic rings. The zero-order chi connectivity index (χ0) is 44.4. The maximum atomic E-state index is 16.5. The Kier molecular flexibility index (Phi) is 12.1. The number of likely N-dealkylation sites (tertiary alicyclic amines) is 1. The van der Waals surface area contributed by atoms with Gasteiger partial charge in [0.05, 0.1) is 36.3 Å². The van der Waals surface area contributed by atoms with Crippen LogP contribution in [0.1, 0.15) is 103 Å². The number of aliphatic hydroxyl groups is 1. The summed E-state index contributed by atoms with van der Waals surface area (Å²) in [6, 6.07) is 36.1. The Morgan fingerprint density at radius 2 is 1.41 bits per heavy atom. The minimum absolute atomic E-state index is 0.00377. The van der Waals surface area contributed by atoms with E-state index >= 15 is 14.4 Å². The number of esters is 1. The molecular weight excluding hydrogens is 805 g/mol. The molecule has 9 rings (SSSR count). The van der Waals surface area contributed by atoms with Gasteiger partial charge in [-0.1, -0.05) is 134 Å². The van der Waals surface area contributed by atoms with Gasteiger partial charge >= 0.3 is 12.0 Å². The van der Waals surface area contributed by atoms with Gasteiger partial charge in [-0.05, 0) is 77.9 Å². The molecule has 11 nitrogen and oxygen atoms in total. The zero-order valence-electron chi connectivity index (χ0n) is 35.8. The number of morpholine rings is 1. The molecule has 7 unspecified atom stereocenters. The molecule has 0 bridgehead atoms. The van der Waals surface area contributed by atoms with E-state index in [4.69, 9.17) is 4.74 Å². The fourth-order valence-electron chi connectivity index (χ4n) is 10.6. The number of amides is 4. The number of cyclic esters (lactones) is 1. The van der Waals surface area contributed by atoms with Crippen molar-refractivity contribution in [3.63, 3.8) is 0 Å². The number of hydrogen-bond donors (Lipinski definition) is 3. The van der Waals surface area contributed by atoms with E-state index in [9.17, 15) is 15.0 Å². The van der Waals surface area contributed by atoms with Gasteiger partial charge in [-0.15, -0.1) is 0 Å². The summed E-state index contributed by atoms with van der Waals surface area (Å²) in [6.07, 6.45) is 3.79. The fourth-order valence-corrected chi connectivity index (χ4v) is 10.6. The van der Waals surface area contributed by atoms with Crippen LogP contribution in [0.2, 0.25) is 0 Å². The highest BCUT2D eigenvalue weighted by Crippen LogP contribution is 2.66. The number of nitrogens with one attached hydrogen (secondary N) is 1. The van der Waals surface area contributed by atoms with E-state index in [0.29, 0.717) is 29.8 Å². The first kappa shape index (κ1) is 42.6. The van der Waals surface area contributed by atoms with E-state index < -0.39 is 59.5 Å². The van der Waals surface area contributed by atoms with Crippen molar-refractivity contribution in [2.75, 3.05) is 24.6 Å². The molecule has 1 spiro atoms. The van der Waals surface area contributed by atoms with Crippen LogP contribution in [0.4, 0.5) is 10.5 Å². The van der Waals surface area contributed by atoms with Crippen LogP contribution in [-0.4, -0.2) is 69.6 Å². The number of phenols is 1. The summed E-state index contributed by atoms with van der Waals surface area (Å²) in [5, 5.41) is 23.5. The molecule has 3 fully saturated rings. The second-order valence-electron chi connectivity index (χ2n) is 17.2. The minimum atomic E-state index is -1.92. The Bertz CT molecular complexity index is 2570. The summed E-state index contributed by atoms with van der Waals surface area (Å²) in [7, 11) is 0. The third-order valence-corrected chi connectivity index (χ3v) is 13.4. The van der Waals surface area contributed by atoms with Crippen LogP contribution in [-0.2, 0) is 24.5 Å². The lowest BCUT2D eigenvalue weighted by Gasteiger charge is -2.46. The number of benzene rings is 5. The molecule has 4 amide bonds. The number of anilines is 1. The van der Waals surface area contributed by atoms with Crippen LogP contribution in [0, 0.1) is 17.8 Å².